The van der Waals surface area contributed by atoms with Gasteiger partial charge in [-0.15, -0.1) is 0 Å². The van der Waals surface area contributed by atoms with Gasteiger partial charge in [0, 0.05) is 44.7 Å². The molecule has 0 heterocycles. The molecule has 0 saturated carbocycles. The molecule has 3 aromatic rings. The lowest BCUT2D eigenvalue weighted by atomic mass is 10.2. The summed E-state index contributed by atoms with van der Waals surface area (Å²) in [5.41, 5.74) is 4.44. The Morgan fingerprint density at radius 1 is 0.879 bits per heavy atom. The average Bonchev–Trinajstić information content (AvgIpc) is 2.78. The molecular weight excluding hydrogens is 485 g/mol. The molecular formula is C24H20Cl3N3O3. The Morgan fingerprint density at radius 3 is 2.42 bits per heavy atom. The Hall–Kier alpha value is -3.06. The monoisotopic (exact) mass is 503 g/mol. The van der Waals surface area contributed by atoms with Crippen LogP contribution in [0, 0.1) is 0 Å². The molecule has 0 aliphatic carbocycles. The third kappa shape index (κ3) is 8.09. The van der Waals surface area contributed by atoms with Gasteiger partial charge in [-0.25, -0.2) is 5.43 Å². The largest absolute Gasteiger partial charge is 0.488 e. The number of hydrogen-bond acceptors (Lipinski definition) is 4. The number of hydrogen-bond donors (Lipinski definition) is 2. The summed E-state index contributed by atoms with van der Waals surface area (Å²) in [6, 6.07) is 19.2. The van der Waals surface area contributed by atoms with Crippen molar-refractivity contribution in [3.8, 4) is 5.75 Å². The lowest BCUT2D eigenvalue weighted by Gasteiger charge is -2.10. The van der Waals surface area contributed by atoms with Crippen LogP contribution in [0.1, 0.15) is 24.0 Å². The van der Waals surface area contributed by atoms with Gasteiger partial charge in [0.25, 0.3) is 0 Å². The molecule has 2 amide bonds. The minimum atomic E-state index is -0.390. The molecule has 6 nitrogen and oxygen atoms in total. The smallest absolute Gasteiger partial charge is 0.240 e. The fourth-order valence-corrected chi connectivity index (χ4v) is 3.41. The average molecular weight is 505 g/mol. The van der Waals surface area contributed by atoms with Gasteiger partial charge in [0.1, 0.15) is 12.4 Å². The summed E-state index contributed by atoms with van der Waals surface area (Å²) in [6.07, 6.45) is 1.47. The summed E-state index contributed by atoms with van der Waals surface area (Å²) in [7, 11) is 0. The molecule has 0 aliphatic heterocycles. The van der Waals surface area contributed by atoms with Gasteiger partial charge in [0.05, 0.1) is 6.21 Å². The highest BCUT2D eigenvalue weighted by atomic mass is 35.5. The highest BCUT2D eigenvalue weighted by Crippen LogP contribution is 2.24. The molecule has 0 saturated heterocycles. The Balaban J connectivity index is 1.48. The normalized spacial score (nSPS) is 10.8. The molecule has 170 valence electrons. The molecule has 0 aromatic heterocycles. The summed E-state index contributed by atoms with van der Waals surface area (Å²) in [6.45, 7) is 0.245. The van der Waals surface area contributed by atoms with Gasteiger partial charge in [0.2, 0.25) is 11.8 Å². The summed E-state index contributed by atoms with van der Waals surface area (Å²) < 4.78 is 5.85. The van der Waals surface area contributed by atoms with E-state index in [0.29, 0.717) is 32.1 Å². The number of carbonyl (C=O) groups is 2. The maximum absolute atomic E-state index is 12.0. The van der Waals surface area contributed by atoms with E-state index in [9.17, 15) is 9.59 Å². The third-order valence-corrected chi connectivity index (χ3v) is 5.22. The standard InChI is InChI=1S/C24H20Cl3N3O3/c25-18-5-3-6-20(12-18)29-23(31)10-11-24(32)30-28-14-16-4-1-2-7-22(16)33-15-17-8-9-19(26)13-21(17)27/h1-9,12-14H,10-11,15H2,(H,29,31)(H,30,32). The Bertz CT molecular complexity index is 1170. The predicted molar refractivity (Wildman–Crippen MR) is 132 cm³/mol. The van der Waals surface area contributed by atoms with Gasteiger partial charge in [-0.05, 0) is 42.5 Å². The van der Waals surface area contributed by atoms with Crippen LogP contribution in [-0.2, 0) is 16.2 Å². The minimum Gasteiger partial charge on any atom is -0.488 e. The van der Waals surface area contributed by atoms with Crippen molar-refractivity contribution in [3.05, 3.63) is 92.9 Å². The molecule has 2 N–H and O–H groups in total. The van der Waals surface area contributed by atoms with Crippen molar-refractivity contribution in [2.45, 2.75) is 19.4 Å². The lowest BCUT2D eigenvalue weighted by molar-refractivity contribution is -0.124. The summed E-state index contributed by atoms with van der Waals surface area (Å²) in [4.78, 5) is 24.0. The Morgan fingerprint density at radius 2 is 1.64 bits per heavy atom. The number of carbonyl (C=O) groups excluding carboxylic acids is 2. The molecule has 0 radical (unpaired) electrons. The first-order valence-electron chi connectivity index (χ1n) is 9.94. The van der Waals surface area contributed by atoms with Crippen LogP contribution < -0.4 is 15.5 Å². The fourth-order valence-electron chi connectivity index (χ4n) is 2.76. The van der Waals surface area contributed by atoms with Crippen LogP contribution in [0.25, 0.3) is 0 Å². The highest BCUT2D eigenvalue weighted by molar-refractivity contribution is 6.35. The lowest BCUT2D eigenvalue weighted by Crippen LogP contribution is -2.20. The number of rotatable bonds is 9. The second-order valence-electron chi connectivity index (χ2n) is 6.91. The van der Waals surface area contributed by atoms with E-state index in [1.54, 1.807) is 54.6 Å². The van der Waals surface area contributed by atoms with E-state index in [-0.39, 0.29) is 31.3 Å². The van der Waals surface area contributed by atoms with Crippen molar-refractivity contribution >= 4 is 58.5 Å². The number of halogens is 3. The van der Waals surface area contributed by atoms with Gasteiger partial charge >= 0.3 is 0 Å². The zero-order valence-electron chi connectivity index (χ0n) is 17.4. The maximum Gasteiger partial charge on any atom is 0.240 e. The Kier molecular flexibility index (Phi) is 9.13. The predicted octanol–water partition coefficient (Wildman–Crippen LogP) is 6.09. The van der Waals surface area contributed by atoms with Crippen LogP contribution in [-0.4, -0.2) is 18.0 Å². The van der Waals surface area contributed by atoms with Gasteiger partial charge in [-0.1, -0.05) is 59.1 Å². The van der Waals surface area contributed by atoms with Crippen molar-refractivity contribution in [3.63, 3.8) is 0 Å². The maximum atomic E-state index is 12.0. The van der Waals surface area contributed by atoms with E-state index in [4.69, 9.17) is 39.5 Å². The van der Waals surface area contributed by atoms with Crippen LogP contribution in [0.2, 0.25) is 15.1 Å². The molecule has 0 spiro atoms. The quantitative estimate of drug-likeness (QED) is 0.273. The number of benzene rings is 3. The number of anilines is 1. The molecule has 0 atom stereocenters. The number of nitrogens with one attached hydrogen (secondary N) is 2. The molecule has 0 fully saturated rings. The molecule has 9 heteroatoms. The van der Waals surface area contributed by atoms with Crippen molar-refractivity contribution in [1.82, 2.24) is 5.43 Å². The third-order valence-electron chi connectivity index (χ3n) is 4.40. The minimum absolute atomic E-state index is 0.00934. The number of hydrazone groups is 1. The second-order valence-corrected chi connectivity index (χ2v) is 8.19. The first-order chi connectivity index (χ1) is 15.9. The van der Waals surface area contributed by atoms with E-state index in [0.717, 1.165) is 5.56 Å². The molecule has 0 bridgehead atoms. The van der Waals surface area contributed by atoms with E-state index in [1.165, 1.54) is 6.21 Å². The van der Waals surface area contributed by atoms with Gasteiger partial charge < -0.3 is 10.1 Å². The molecule has 0 aliphatic rings. The number of para-hydroxylation sites is 1. The second kappa shape index (κ2) is 12.3. The van der Waals surface area contributed by atoms with Crippen LogP contribution in [0.15, 0.2) is 71.8 Å². The summed E-state index contributed by atoms with van der Waals surface area (Å²) in [5, 5.41) is 8.23. The summed E-state index contributed by atoms with van der Waals surface area (Å²) >= 11 is 18.0. The van der Waals surface area contributed by atoms with Crippen LogP contribution in [0.4, 0.5) is 5.69 Å². The first kappa shape index (κ1) is 24.6. The van der Waals surface area contributed by atoms with Crippen molar-refractivity contribution < 1.29 is 14.3 Å². The fraction of sp³-hybridized carbons (Fsp3) is 0.125. The zero-order chi connectivity index (χ0) is 23.6. The van der Waals surface area contributed by atoms with E-state index in [1.807, 2.05) is 12.1 Å². The number of nitrogens with zero attached hydrogens (tertiary/aromatic N) is 1. The Labute approximate surface area is 206 Å². The van der Waals surface area contributed by atoms with Crippen molar-refractivity contribution in [1.29, 1.82) is 0 Å². The van der Waals surface area contributed by atoms with E-state index in [2.05, 4.69) is 15.8 Å². The van der Waals surface area contributed by atoms with Gasteiger partial charge in [-0.2, -0.15) is 5.10 Å². The number of amides is 2. The van der Waals surface area contributed by atoms with Crippen LogP contribution >= 0.6 is 34.8 Å². The highest BCUT2D eigenvalue weighted by Gasteiger charge is 2.08. The SMILES string of the molecule is O=C(CCC(=O)Nc1cccc(Cl)c1)NN=Cc1ccccc1OCc1ccc(Cl)cc1Cl. The topological polar surface area (TPSA) is 79.8 Å². The first-order valence-corrected chi connectivity index (χ1v) is 11.1. The van der Waals surface area contributed by atoms with Crippen molar-refractivity contribution in [2.24, 2.45) is 5.10 Å². The molecule has 3 aromatic carbocycles. The van der Waals surface area contributed by atoms with Crippen LogP contribution in [0.5, 0.6) is 5.75 Å². The number of ether oxygens (including phenoxy) is 1. The van der Waals surface area contributed by atoms with Crippen molar-refractivity contribution in [2.75, 3.05) is 5.32 Å². The van der Waals surface area contributed by atoms with Crippen LogP contribution in [0.3, 0.4) is 0 Å². The molecule has 3 rings (SSSR count). The van der Waals surface area contributed by atoms with Gasteiger partial charge in [0.15, 0.2) is 0 Å². The van der Waals surface area contributed by atoms with Gasteiger partial charge in [-0.3, -0.25) is 9.59 Å². The van der Waals surface area contributed by atoms with E-state index < -0.39 is 0 Å². The molecule has 0 unspecified atom stereocenters. The summed E-state index contributed by atoms with van der Waals surface area (Å²) in [5.74, 6) is -0.114. The zero-order valence-corrected chi connectivity index (χ0v) is 19.6. The van der Waals surface area contributed by atoms with E-state index >= 15 is 0 Å². The molecule has 33 heavy (non-hydrogen) atoms.